The molecule has 1 heterocycles. The molecule has 1 N–H and O–H groups in total. The molecule has 1 fully saturated rings. The third-order valence-electron chi connectivity index (χ3n) is 5.16. The van der Waals surface area contributed by atoms with E-state index in [2.05, 4.69) is 12.2 Å². The minimum absolute atomic E-state index is 0.00207. The minimum atomic E-state index is -0.338. The zero-order valence-electron chi connectivity index (χ0n) is 15.8. The molecule has 2 aromatic carbocycles. The highest BCUT2D eigenvalue weighted by Crippen LogP contribution is 2.25. The first-order valence-electron chi connectivity index (χ1n) is 9.39. The number of nitrogens with zero attached hydrogens (tertiary/aromatic N) is 1. The Morgan fingerprint density at radius 3 is 2.67 bits per heavy atom. The molecular weight excluding hydrogens is 343 g/mol. The predicted molar refractivity (Wildman–Crippen MR) is 104 cm³/mol. The van der Waals surface area contributed by atoms with E-state index in [1.807, 2.05) is 25.1 Å². The maximum Gasteiger partial charge on any atom is 0.229 e. The first-order valence-corrected chi connectivity index (χ1v) is 9.39. The molecule has 0 saturated carbocycles. The third kappa shape index (κ3) is 4.54. The molecule has 27 heavy (non-hydrogen) atoms. The number of rotatable bonds is 6. The van der Waals surface area contributed by atoms with Gasteiger partial charge in [0, 0.05) is 25.2 Å². The van der Waals surface area contributed by atoms with Crippen LogP contribution in [0.4, 0.5) is 10.1 Å². The molecule has 2 aromatic rings. The highest BCUT2D eigenvalue weighted by Gasteiger charge is 2.34. The van der Waals surface area contributed by atoms with Crippen LogP contribution in [0.1, 0.15) is 30.0 Å². The lowest BCUT2D eigenvalue weighted by molar-refractivity contribution is -0.128. The van der Waals surface area contributed by atoms with Gasteiger partial charge in [-0.25, -0.2) is 4.39 Å². The van der Waals surface area contributed by atoms with Crippen LogP contribution >= 0.6 is 0 Å². The van der Waals surface area contributed by atoms with Crippen molar-refractivity contribution in [3.05, 3.63) is 65.0 Å². The van der Waals surface area contributed by atoms with E-state index in [1.165, 1.54) is 12.1 Å². The molecule has 2 amide bonds. The molecule has 5 heteroatoms. The van der Waals surface area contributed by atoms with Gasteiger partial charge in [0.2, 0.25) is 11.8 Å². The SMILES string of the molecule is CCc1cccc(C)c1NC(=O)[C@H]1CC(=O)N(CCc2ccc(F)cc2)C1. The van der Waals surface area contributed by atoms with Crippen LogP contribution in [0, 0.1) is 18.7 Å². The van der Waals surface area contributed by atoms with Gasteiger partial charge in [-0.15, -0.1) is 0 Å². The second-order valence-corrected chi connectivity index (χ2v) is 7.07. The number of para-hydroxylation sites is 1. The molecule has 1 aliphatic heterocycles. The topological polar surface area (TPSA) is 49.4 Å². The first-order chi connectivity index (χ1) is 13.0. The van der Waals surface area contributed by atoms with E-state index in [0.717, 1.165) is 28.8 Å². The smallest absolute Gasteiger partial charge is 0.229 e. The Balaban J connectivity index is 1.60. The Bertz CT molecular complexity index is 833. The Morgan fingerprint density at radius 1 is 1.22 bits per heavy atom. The highest BCUT2D eigenvalue weighted by molar-refractivity contribution is 5.98. The standard InChI is InChI=1S/C22H25FN2O2/c1-3-17-6-4-5-15(2)21(17)24-22(27)18-13-20(26)25(14-18)12-11-16-7-9-19(23)10-8-16/h4-10,18H,3,11-14H2,1-2H3,(H,24,27)/t18-/m0/s1. The molecule has 3 rings (SSSR count). The minimum Gasteiger partial charge on any atom is -0.342 e. The quantitative estimate of drug-likeness (QED) is 0.845. The number of aryl methyl sites for hydroxylation is 2. The fraction of sp³-hybridized carbons (Fsp3) is 0.364. The number of carbonyl (C=O) groups is 2. The number of anilines is 1. The molecule has 142 valence electrons. The maximum atomic E-state index is 13.0. The summed E-state index contributed by atoms with van der Waals surface area (Å²) in [6.45, 7) is 5.00. The Hall–Kier alpha value is -2.69. The van der Waals surface area contributed by atoms with E-state index in [1.54, 1.807) is 17.0 Å². The van der Waals surface area contributed by atoms with E-state index < -0.39 is 0 Å². The lowest BCUT2D eigenvalue weighted by Gasteiger charge is -2.18. The van der Waals surface area contributed by atoms with Crippen molar-refractivity contribution in [3.63, 3.8) is 0 Å². The van der Waals surface area contributed by atoms with Gasteiger partial charge in [0.25, 0.3) is 0 Å². The summed E-state index contributed by atoms with van der Waals surface area (Å²) in [5.41, 5.74) is 3.97. The normalized spacial score (nSPS) is 16.6. The summed E-state index contributed by atoms with van der Waals surface area (Å²) in [5, 5.41) is 3.03. The average Bonchev–Trinajstić information content (AvgIpc) is 3.04. The van der Waals surface area contributed by atoms with Gasteiger partial charge in [-0.1, -0.05) is 37.3 Å². The van der Waals surface area contributed by atoms with Gasteiger partial charge < -0.3 is 10.2 Å². The summed E-state index contributed by atoms with van der Waals surface area (Å²) >= 11 is 0. The third-order valence-corrected chi connectivity index (χ3v) is 5.16. The van der Waals surface area contributed by atoms with E-state index in [4.69, 9.17) is 0 Å². The summed E-state index contributed by atoms with van der Waals surface area (Å²) in [6, 6.07) is 12.3. The summed E-state index contributed by atoms with van der Waals surface area (Å²) in [7, 11) is 0. The Morgan fingerprint density at radius 2 is 1.96 bits per heavy atom. The molecule has 0 radical (unpaired) electrons. The van der Waals surface area contributed by atoms with Crippen molar-refractivity contribution in [2.24, 2.45) is 5.92 Å². The lowest BCUT2D eigenvalue weighted by Crippen LogP contribution is -2.30. The van der Waals surface area contributed by atoms with Gasteiger partial charge >= 0.3 is 0 Å². The van der Waals surface area contributed by atoms with Crippen molar-refractivity contribution in [2.45, 2.75) is 33.1 Å². The van der Waals surface area contributed by atoms with Gasteiger partial charge in [0.05, 0.1) is 5.92 Å². The molecule has 1 aliphatic rings. The average molecular weight is 368 g/mol. The zero-order chi connectivity index (χ0) is 19.4. The fourth-order valence-electron chi connectivity index (χ4n) is 3.51. The summed E-state index contributed by atoms with van der Waals surface area (Å²) < 4.78 is 13.0. The van der Waals surface area contributed by atoms with Crippen molar-refractivity contribution in [1.29, 1.82) is 0 Å². The van der Waals surface area contributed by atoms with Crippen molar-refractivity contribution in [1.82, 2.24) is 4.90 Å². The van der Waals surface area contributed by atoms with Gasteiger partial charge in [-0.05, 0) is 48.6 Å². The number of benzene rings is 2. The van der Waals surface area contributed by atoms with Crippen LogP contribution in [0.15, 0.2) is 42.5 Å². The summed E-state index contributed by atoms with van der Waals surface area (Å²) in [4.78, 5) is 26.7. The molecule has 0 aliphatic carbocycles. The van der Waals surface area contributed by atoms with Gasteiger partial charge in [-0.3, -0.25) is 9.59 Å². The maximum absolute atomic E-state index is 13.0. The number of carbonyl (C=O) groups excluding carboxylic acids is 2. The van der Waals surface area contributed by atoms with Crippen LogP contribution in [0.5, 0.6) is 0 Å². The number of amides is 2. The van der Waals surface area contributed by atoms with Crippen LogP contribution in [0.25, 0.3) is 0 Å². The number of likely N-dealkylation sites (tertiary alicyclic amines) is 1. The molecule has 0 aromatic heterocycles. The molecule has 1 saturated heterocycles. The van der Waals surface area contributed by atoms with Gasteiger partial charge in [0.1, 0.15) is 5.82 Å². The van der Waals surface area contributed by atoms with E-state index in [0.29, 0.717) is 19.5 Å². The molecule has 0 spiro atoms. The summed E-state index contributed by atoms with van der Waals surface area (Å²) in [6.07, 6.45) is 1.73. The van der Waals surface area contributed by atoms with E-state index >= 15 is 0 Å². The fourth-order valence-corrected chi connectivity index (χ4v) is 3.51. The second kappa shape index (κ2) is 8.33. The monoisotopic (exact) mass is 368 g/mol. The van der Waals surface area contributed by atoms with Crippen molar-refractivity contribution < 1.29 is 14.0 Å². The van der Waals surface area contributed by atoms with Crippen LogP contribution < -0.4 is 5.32 Å². The van der Waals surface area contributed by atoms with E-state index in [9.17, 15) is 14.0 Å². The molecule has 1 atom stereocenters. The Labute approximate surface area is 159 Å². The predicted octanol–water partition coefficient (Wildman–Crippen LogP) is 3.73. The van der Waals surface area contributed by atoms with Crippen molar-refractivity contribution in [3.8, 4) is 0 Å². The number of hydrogen-bond acceptors (Lipinski definition) is 2. The van der Waals surface area contributed by atoms with E-state index in [-0.39, 0.29) is 30.0 Å². The second-order valence-electron chi connectivity index (χ2n) is 7.07. The first kappa shape index (κ1) is 19.1. The molecule has 4 nitrogen and oxygen atoms in total. The molecule has 0 unspecified atom stereocenters. The van der Waals surface area contributed by atoms with Crippen molar-refractivity contribution >= 4 is 17.5 Å². The van der Waals surface area contributed by atoms with Crippen LogP contribution in [-0.4, -0.2) is 29.8 Å². The molecule has 0 bridgehead atoms. The Kier molecular flexibility index (Phi) is 5.89. The highest BCUT2D eigenvalue weighted by atomic mass is 19.1. The number of halogens is 1. The summed E-state index contributed by atoms with van der Waals surface area (Å²) in [5.74, 6) is -0.709. The largest absolute Gasteiger partial charge is 0.342 e. The van der Waals surface area contributed by atoms with Crippen LogP contribution in [0.2, 0.25) is 0 Å². The zero-order valence-corrected chi connectivity index (χ0v) is 15.8. The van der Waals surface area contributed by atoms with Crippen LogP contribution in [0.3, 0.4) is 0 Å². The van der Waals surface area contributed by atoms with Crippen LogP contribution in [-0.2, 0) is 22.4 Å². The van der Waals surface area contributed by atoms with Gasteiger partial charge in [0.15, 0.2) is 0 Å². The van der Waals surface area contributed by atoms with Gasteiger partial charge in [-0.2, -0.15) is 0 Å². The lowest BCUT2D eigenvalue weighted by atomic mass is 10.0. The van der Waals surface area contributed by atoms with Crippen molar-refractivity contribution in [2.75, 3.05) is 18.4 Å². The number of nitrogens with one attached hydrogen (secondary N) is 1. The number of hydrogen-bond donors (Lipinski definition) is 1. The molecular formula is C22H25FN2O2.